The molecule has 2 N–H and O–H groups in total. The molecule has 0 unspecified atom stereocenters. The summed E-state index contributed by atoms with van der Waals surface area (Å²) in [7, 11) is 0. The minimum atomic E-state index is 0.640. The third-order valence-electron chi connectivity index (χ3n) is 5.57. The molecule has 5 aromatic rings. The molecule has 1 heterocycles. The van der Waals surface area contributed by atoms with Crippen LogP contribution in [0.25, 0.3) is 31.8 Å². The first-order chi connectivity index (χ1) is 13.8. The molecule has 1 aliphatic carbocycles. The molecule has 28 heavy (non-hydrogen) atoms. The van der Waals surface area contributed by atoms with Gasteiger partial charge in [0.1, 0.15) is 0 Å². The lowest BCUT2D eigenvalue weighted by Crippen LogP contribution is -2.02. The molecule has 4 aromatic carbocycles. The van der Waals surface area contributed by atoms with Crippen molar-refractivity contribution in [3.63, 3.8) is 0 Å². The van der Waals surface area contributed by atoms with E-state index in [1.54, 1.807) is 11.1 Å². The molecule has 0 radical (unpaired) electrons. The van der Waals surface area contributed by atoms with Crippen molar-refractivity contribution in [2.45, 2.75) is 25.7 Å². The third kappa shape index (κ3) is 3.12. The van der Waals surface area contributed by atoms with Crippen LogP contribution in [0.4, 0.5) is 5.13 Å². The Balaban J connectivity index is 0.000000145. The molecule has 0 aliphatic heterocycles. The zero-order valence-electron chi connectivity index (χ0n) is 15.7. The molecule has 0 bridgehead atoms. The van der Waals surface area contributed by atoms with Crippen LogP contribution in [0, 0.1) is 0 Å². The smallest absolute Gasteiger partial charge is 0.181 e. The van der Waals surface area contributed by atoms with Crippen molar-refractivity contribution in [3.8, 4) is 0 Å². The molecule has 0 saturated carbocycles. The Hall–Kier alpha value is -2.91. The second-order valence-corrected chi connectivity index (χ2v) is 8.37. The Bertz CT molecular complexity index is 1250. The number of thiazole rings is 1. The monoisotopic (exact) mass is 382 g/mol. The van der Waals surface area contributed by atoms with Crippen molar-refractivity contribution < 1.29 is 0 Å². The van der Waals surface area contributed by atoms with Crippen molar-refractivity contribution in [2.24, 2.45) is 0 Å². The first-order valence-electron chi connectivity index (χ1n) is 9.83. The van der Waals surface area contributed by atoms with E-state index in [4.69, 9.17) is 5.73 Å². The summed E-state index contributed by atoms with van der Waals surface area (Å²) in [6.45, 7) is 0. The molecule has 138 valence electrons. The number of hydrogen-bond donors (Lipinski definition) is 1. The SMILES string of the molecule is Nc1nc2ccccc2s1.c1ccc2c(c1)ccc1c3c(ccc12)CCCC3. The maximum absolute atomic E-state index is 5.50. The number of nitrogens with zero attached hydrogens (tertiary/aromatic N) is 1. The predicted molar refractivity (Wildman–Crippen MR) is 122 cm³/mol. The average molecular weight is 383 g/mol. The van der Waals surface area contributed by atoms with Gasteiger partial charge < -0.3 is 5.73 Å². The zero-order chi connectivity index (χ0) is 18.9. The highest BCUT2D eigenvalue weighted by Gasteiger charge is 2.13. The largest absolute Gasteiger partial charge is 0.375 e. The number of rotatable bonds is 0. The van der Waals surface area contributed by atoms with Gasteiger partial charge in [-0.1, -0.05) is 72.0 Å². The van der Waals surface area contributed by atoms with E-state index in [-0.39, 0.29) is 0 Å². The molecular formula is C25H22N2S. The summed E-state index contributed by atoms with van der Waals surface area (Å²) in [6, 6.07) is 25.9. The van der Waals surface area contributed by atoms with Gasteiger partial charge in [-0.15, -0.1) is 0 Å². The van der Waals surface area contributed by atoms with E-state index in [1.165, 1.54) is 58.6 Å². The molecule has 0 saturated heterocycles. The van der Waals surface area contributed by atoms with E-state index in [0.29, 0.717) is 5.13 Å². The lowest BCUT2D eigenvalue weighted by atomic mass is 9.86. The van der Waals surface area contributed by atoms with Crippen LogP contribution in [-0.4, -0.2) is 4.98 Å². The van der Waals surface area contributed by atoms with E-state index in [0.717, 1.165) is 10.2 Å². The highest BCUT2D eigenvalue weighted by molar-refractivity contribution is 7.22. The van der Waals surface area contributed by atoms with Crippen LogP contribution in [0.3, 0.4) is 0 Å². The third-order valence-corrected chi connectivity index (χ3v) is 6.43. The standard InChI is InChI=1S/C18H16.C7H6N2S/c1-3-7-15-13(5-1)9-11-18-16-8-4-2-6-14(16)10-12-17(15)18;8-7-9-5-3-1-2-4-6(5)10-7/h1,3,5,7,9-12H,2,4,6,8H2;1-4H,(H2,8,9). The lowest BCUT2D eigenvalue weighted by molar-refractivity contribution is 0.690. The minimum Gasteiger partial charge on any atom is -0.375 e. The second kappa shape index (κ2) is 7.25. The van der Waals surface area contributed by atoms with Crippen LogP contribution in [-0.2, 0) is 12.8 Å². The lowest BCUT2D eigenvalue weighted by Gasteiger charge is -2.18. The fourth-order valence-corrected chi connectivity index (χ4v) is 4.97. The number of hydrogen-bond acceptors (Lipinski definition) is 3. The molecular weight excluding hydrogens is 360 g/mol. The van der Waals surface area contributed by atoms with E-state index >= 15 is 0 Å². The number of anilines is 1. The van der Waals surface area contributed by atoms with Crippen molar-refractivity contribution >= 4 is 48.2 Å². The molecule has 0 spiro atoms. The van der Waals surface area contributed by atoms with Gasteiger partial charge in [-0.3, -0.25) is 0 Å². The van der Waals surface area contributed by atoms with Gasteiger partial charge in [-0.25, -0.2) is 4.98 Å². The highest BCUT2D eigenvalue weighted by atomic mass is 32.1. The fourth-order valence-electron chi connectivity index (χ4n) is 4.23. The van der Waals surface area contributed by atoms with Gasteiger partial charge in [0, 0.05) is 0 Å². The quantitative estimate of drug-likeness (QED) is 0.301. The van der Waals surface area contributed by atoms with Crippen LogP contribution in [0.1, 0.15) is 24.0 Å². The Labute approximate surface area is 168 Å². The van der Waals surface area contributed by atoms with Crippen molar-refractivity contribution in [1.82, 2.24) is 4.98 Å². The molecule has 0 amide bonds. The summed E-state index contributed by atoms with van der Waals surface area (Å²) in [5, 5.41) is 6.28. The molecule has 3 heteroatoms. The number of aromatic nitrogens is 1. The van der Waals surface area contributed by atoms with Crippen LogP contribution in [0.5, 0.6) is 0 Å². The fraction of sp³-hybridized carbons (Fsp3) is 0.160. The summed E-state index contributed by atoms with van der Waals surface area (Å²) in [4.78, 5) is 4.11. The van der Waals surface area contributed by atoms with Gasteiger partial charge in [0.05, 0.1) is 10.2 Å². The number of fused-ring (bicyclic) bond motifs is 6. The van der Waals surface area contributed by atoms with Crippen LogP contribution in [0.15, 0.2) is 72.8 Å². The van der Waals surface area contributed by atoms with Gasteiger partial charge >= 0.3 is 0 Å². The normalized spacial score (nSPS) is 13.3. The Morgan fingerprint density at radius 2 is 1.50 bits per heavy atom. The number of para-hydroxylation sites is 1. The van der Waals surface area contributed by atoms with Crippen molar-refractivity contribution in [3.05, 3.63) is 83.9 Å². The number of nitrogen functional groups attached to an aromatic ring is 1. The predicted octanol–water partition coefficient (Wildman–Crippen LogP) is 6.75. The highest BCUT2D eigenvalue weighted by Crippen LogP contribution is 2.33. The van der Waals surface area contributed by atoms with Crippen LogP contribution >= 0.6 is 11.3 Å². The van der Waals surface area contributed by atoms with Gasteiger partial charge in [-0.05, 0) is 70.5 Å². The molecule has 6 rings (SSSR count). The molecule has 1 aliphatic rings. The van der Waals surface area contributed by atoms with E-state index < -0.39 is 0 Å². The van der Waals surface area contributed by atoms with E-state index in [9.17, 15) is 0 Å². The number of benzene rings is 4. The van der Waals surface area contributed by atoms with E-state index in [2.05, 4.69) is 53.5 Å². The number of nitrogens with two attached hydrogens (primary N) is 1. The Kier molecular flexibility index (Phi) is 4.46. The van der Waals surface area contributed by atoms with E-state index in [1.807, 2.05) is 24.3 Å². The summed E-state index contributed by atoms with van der Waals surface area (Å²) < 4.78 is 1.15. The van der Waals surface area contributed by atoms with Crippen LogP contribution in [0.2, 0.25) is 0 Å². The first kappa shape index (κ1) is 17.2. The summed E-state index contributed by atoms with van der Waals surface area (Å²) >= 11 is 1.52. The topological polar surface area (TPSA) is 38.9 Å². The second-order valence-electron chi connectivity index (χ2n) is 7.31. The number of aryl methyl sites for hydroxylation is 2. The summed E-state index contributed by atoms with van der Waals surface area (Å²) in [6.07, 6.45) is 5.22. The molecule has 2 nitrogen and oxygen atoms in total. The van der Waals surface area contributed by atoms with Crippen molar-refractivity contribution in [1.29, 1.82) is 0 Å². The first-order valence-corrected chi connectivity index (χ1v) is 10.6. The van der Waals surface area contributed by atoms with Gasteiger partial charge in [-0.2, -0.15) is 0 Å². The zero-order valence-corrected chi connectivity index (χ0v) is 16.5. The summed E-state index contributed by atoms with van der Waals surface area (Å²) in [5.74, 6) is 0. The van der Waals surface area contributed by atoms with Gasteiger partial charge in [0.25, 0.3) is 0 Å². The average Bonchev–Trinajstić information content (AvgIpc) is 3.14. The van der Waals surface area contributed by atoms with Crippen LogP contribution < -0.4 is 5.73 Å². The Morgan fingerprint density at radius 1 is 0.714 bits per heavy atom. The Morgan fingerprint density at radius 3 is 2.43 bits per heavy atom. The molecule has 0 atom stereocenters. The minimum absolute atomic E-state index is 0.640. The molecule has 1 aromatic heterocycles. The van der Waals surface area contributed by atoms with Crippen molar-refractivity contribution in [2.75, 3.05) is 5.73 Å². The maximum atomic E-state index is 5.50. The van der Waals surface area contributed by atoms with Gasteiger partial charge in [0.15, 0.2) is 5.13 Å². The van der Waals surface area contributed by atoms with Gasteiger partial charge in [0.2, 0.25) is 0 Å². The molecule has 0 fully saturated rings. The summed E-state index contributed by atoms with van der Waals surface area (Å²) in [5.41, 5.74) is 9.66. The maximum Gasteiger partial charge on any atom is 0.181 e.